The van der Waals surface area contributed by atoms with Crippen molar-refractivity contribution >= 4 is 40.5 Å². The minimum Gasteiger partial charge on any atom is -0.358 e. The summed E-state index contributed by atoms with van der Waals surface area (Å²) in [6, 6.07) is 7.32. The first-order valence-electron chi connectivity index (χ1n) is 6.91. The number of nitrogens with one attached hydrogen (secondary N) is 2. The van der Waals surface area contributed by atoms with E-state index in [1.165, 1.54) is 0 Å². The molecule has 0 unspecified atom stereocenters. The Morgan fingerprint density at radius 2 is 2.29 bits per heavy atom. The van der Waals surface area contributed by atoms with Crippen LogP contribution in [0.2, 0.25) is 5.02 Å². The van der Waals surface area contributed by atoms with Crippen LogP contribution < -0.4 is 10.6 Å². The van der Waals surface area contributed by atoms with Crippen LogP contribution in [0.25, 0.3) is 0 Å². The smallest absolute Gasteiger partial charge is 0.243 e. The average Bonchev–Trinajstić information content (AvgIpc) is 2.32. The number of carbonyl (C=O) groups is 1. The maximum Gasteiger partial charge on any atom is 0.243 e. The quantitative estimate of drug-likeness (QED) is 0.838. The highest BCUT2D eigenvalue weighted by molar-refractivity contribution is 7.80. The summed E-state index contributed by atoms with van der Waals surface area (Å²) < 4.78 is 0. The van der Waals surface area contributed by atoms with Gasteiger partial charge in [0, 0.05) is 22.3 Å². The highest BCUT2D eigenvalue weighted by atomic mass is 35.5. The summed E-state index contributed by atoms with van der Waals surface area (Å²) >= 11 is 11.3. The van der Waals surface area contributed by atoms with Gasteiger partial charge in [0.15, 0.2) is 5.11 Å². The van der Waals surface area contributed by atoms with Crippen molar-refractivity contribution in [3.8, 4) is 0 Å². The molecule has 0 spiro atoms. The maximum atomic E-state index is 12.2. The number of halogens is 1. The molecule has 6 heteroatoms. The zero-order valence-electron chi connectivity index (χ0n) is 12.4. The number of benzene rings is 1. The molecule has 0 saturated carbocycles. The summed E-state index contributed by atoms with van der Waals surface area (Å²) in [6.07, 6.45) is 0.928. The molecule has 4 nitrogen and oxygen atoms in total. The number of hydrogen-bond donors (Lipinski definition) is 2. The van der Waals surface area contributed by atoms with Crippen molar-refractivity contribution in [3.63, 3.8) is 0 Å². The van der Waals surface area contributed by atoms with E-state index in [1.807, 2.05) is 11.0 Å². The van der Waals surface area contributed by atoms with E-state index < -0.39 is 0 Å². The van der Waals surface area contributed by atoms with Crippen molar-refractivity contribution in [3.05, 3.63) is 29.3 Å². The molecule has 0 aliphatic carbocycles. The molecule has 114 valence electrons. The predicted octanol–water partition coefficient (Wildman–Crippen LogP) is 3.03. The van der Waals surface area contributed by atoms with Crippen molar-refractivity contribution in [2.75, 3.05) is 11.9 Å². The van der Waals surface area contributed by atoms with Gasteiger partial charge in [-0.05, 0) is 57.6 Å². The summed E-state index contributed by atoms with van der Waals surface area (Å²) in [5.74, 6) is -0.104. The Labute approximate surface area is 135 Å². The van der Waals surface area contributed by atoms with Crippen molar-refractivity contribution in [1.82, 2.24) is 10.2 Å². The summed E-state index contributed by atoms with van der Waals surface area (Å²) in [4.78, 5) is 14.1. The molecule has 1 atom stereocenters. The SMILES string of the molecule is C[C@@H]1CC(C)(C)NC(=S)N1CC(=O)Nc1cccc(Cl)c1. The first kappa shape index (κ1) is 16.0. The lowest BCUT2D eigenvalue weighted by molar-refractivity contribution is -0.117. The van der Waals surface area contributed by atoms with Gasteiger partial charge in [-0.15, -0.1) is 0 Å². The number of carbonyl (C=O) groups excluding carboxylic acids is 1. The molecule has 0 aromatic heterocycles. The van der Waals surface area contributed by atoms with E-state index in [-0.39, 0.29) is 24.0 Å². The normalized spacial score (nSPS) is 20.9. The van der Waals surface area contributed by atoms with Gasteiger partial charge in [0.05, 0.1) is 6.54 Å². The average molecular weight is 326 g/mol. The molecule has 1 aromatic carbocycles. The van der Waals surface area contributed by atoms with E-state index in [0.717, 1.165) is 6.42 Å². The van der Waals surface area contributed by atoms with Gasteiger partial charge in [-0.2, -0.15) is 0 Å². The number of thiocarbonyl (C=S) groups is 1. The van der Waals surface area contributed by atoms with Crippen molar-refractivity contribution in [1.29, 1.82) is 0 Å². The number of anilines is 1. The van der Waals surface area contributed by atoms with Crippen LogP contribution in [0, 0.1) is 0 Å². The largest absolute Gasteiger partial charge is 0.358 e. The summed E-state index contributed by atoms with van der Waals surface area (Å²) in [6.45, 7) is 6.54. The minimum atomic E-state index is -0.104. The fraction of sp³-hybridized carbons (Fsp3) is 0.467. The van der Waals surface area contributed by atoms with Gasteiger partial charge in [-0.25, -0.2) is 0 Å². The zero-order chi connectivity index (χ0) is 15.6. The molecule has 1 aliphatic rings. The van der Waals surface area contributed by atoms with Gasteiger partial charge in [0.1, 0.15) is 0 Å². The molecule has 1 aromatic rings. The molecule has 1 saturated heterocycles. The molecule has 2 N–H and O–H groups in total. The molecule has 1 heterocycles. The van der Waals surface area contributed by atoms with Gasteiger partial charge in [-0.3, -0.25) is 4.79 Å². The van der Waals surface area contributed by atoms with Crippen LogP contribution >= 0.6 is 23.8 Å². The summed E-state index contributed by atoms with van der Waals surface area (Å²) in [7, 11) is 0. The van der Waals surface area contributed by atoms with E-state index in [1.54, 1.807) is 18.2 Å². The third kappa shape index (κ3) is 4.32. The third-order valence-corrected chi connectivity index (χ3v) is 4.04. The molecule has 2 rings (SSSR count). The monoisotopic (exact) mass is 325 g/mol. The Kier molecular flexibility index (Phi) is 4.74. The maximum absolute atomic E-state index is 12.2. The van der Waals surface area contributed by atoms with E-state index >= 15 is 0 Å². The van der Waals surface area contributed by atoms with E-state index in [4.69, 9.17) is 23.8 Å². The molecule has 0 bridgehead atoms. The van der Waals surface area contributed by atoms with Gasteiger partial charge in [-0.1, -0.05) is 17.7 Å². The Balaban J connectivity index is 1.98. The number of rotatable bonds is 3. The highest BCUT2D eigenvalue weighted by Crippen LogP contribution is 2.22. The number of hydrogen-bond acceptors (Lipinski definition) is 2. The van der Waals surface area contributed by atoms with Crippen LogP contribution in [0.3, 0.4) is 0 Å². The van der Waals surface area contributed by atoms with Crippen molar-refractivity contribution in [2.24, 2.45) is 0 Å². The molecule has 1 amide bonds. The van der Waals surface area contributed by atoms with Crippen LogP contribution in [0.15, 0.2) is 24.3 Å². The molecule has 0 radical (unpaired) electrons. The molecule has 1 aliphatic heterocycles. The molecule has 1 fully saturated rings. The Morgan fingerprint density at radius 1 is 1.57 bits per heavy atom. The second-order valence-corrected chi connectivity index (χ2v) is 6.88. The Bertz CT molecular complexity index is 562. The summed E-state index contributed by atoms with van der Waals surface area (Å²) in [5, 5.41) is 7.33. The van der Waals surface area contributed by atoms with Crippen molar-refractivity contribution < 1.29 is 4.79 Å². The third-order valence-electron chi connectivity index (χ3n) is 3.47. The highest BCUT2D eigenvalue weighted by Gasteiger charge is 2.33. The van der Waals surface area contributed by atoms with Gasteiger partial charge >= 0.3 is 0 Å². The molecule has 21 heavy (non-hydrogen) atoms. The van der Waals surface area contributed by atoms with E-state index in [9.17, 15) is 4.79 Å². The fourth-order valence-corrected chi connectivity index (χ4v) is 3.32. The van der Waals surface area contributed by atoms with Gasteiger partial charge < -0.3 is 15.5 Å². The lowest BCUT2D eigenvalue weighted by Gasteiger charge is -2.44. The standard InChI is InChI=1S/C15H20ClN3OS/c1-10-8-15(2,3)18-14(21)19(10)9-13(20)17-12-6-4-5-11(16)7-12/h4-7,10H,8-9H2,1-3H3,(H,17,20)(H,18,21)/t10-/m1/s1. The lowest BCUT2D eigenvalue weighted by Crippen LogP contribution is -2.61. The van der Waals surface area contributed by atoms with Crippen molar-refractivity contribution in [2.45, 2.75) is 38.8 Å². The fourth-order valence-electron chi connectivity index (χ4n) is 2.61. The summed E-state index contributed by atoms with van der Waals surface area (Å²) in [5.41, 5.74) is 0.660. The van der Waals surface area contributed by atoms with E-state index in [2.05, 4.69) is 31.4 Å². The number of amides is 1. The van der Waals surface area contributed by atoms with Crippen LogP contribution in [0.5, 0.6) is 0 Å². The minimum absolute atomic E-state index is 0.0313. The lowest BCUT2D eigenvalue weighted by atomic mass is 9.93. The first-order chi connectivity index (χ1) is 9.77. The van der Waals surface area contributed by atoms with Gasteiger partial charge in [0.25, 0.3) is 0 Å². The van der Waals surface area contributed by atoms with Gasteiger partial charge in [0.2, 0.25) is 5.91 Å². The Hall–Kier alpha value is -1.33. The molecular weight excluding hydrogens is 306 g/mol. The van der Waals surface area contributed by atoms with Crippen LogP contribution in [0.1, 0.15) is 27.2 Å². The number of nitrogens with zero attached hydrogens (tertiary/aromatic N) is 1. The van der Waals surface area contributed by atoms with Crippen LogP contribution in [-0.2, 0) is 4.79 Å². The first-order valence-corrected chi connectivity index (χ1v) is 7.70. The van der Waals surface area contributed by atoms with Crippen LogP contribution in [0.4, 0.5) is 5.69 Å². The predicted molar refractivity (Wildman–Crippen MR) is 90.7 cm³/mol. The second-order valence-electron chi connectivity index (χ2n) is 6.05. The second kappa shape index (κ2) is 6.20. The topological polar surface area (TPSA) is 44.4 Å². The molecular formula is C15H20ClN3OS. The Morgan fingerprint density at radius 3 is 2.90 bits per heavy atom. The van der Waals surface area contributed by atoms with E-state index in [0.29, 0.717) is 15.8 Å². The van der Waals surface area contributed by atoms with Crippen LogP contribution in [-0.4, -0.2) is 34.0 Å². The zero-order valence-corrected chi connectivity index (χ0v) is 14.0.